The molecule has 25 heavy (non-hydrogen) atoms. The number of para-hydroxylation sites is 2. The SMILES string of the molecule is O=C(O)c1ccc2c(c1)C1(OC2)c2ccccc2Oc2ccccc21. The first-order valence-corrected chi connectivity index (χ1v) is 8.08. The average Bonchev–Trinajstić information content (AvgIpc) is 3.02. The average molecular weight is 330 g/mol. The van der Waals surface area contributed by atoms with Gasteiger partial charge in [0.05, 0.1) is 12.2 Å². The third-order valence-corrected chi connectivity index (χ3v) is 4.93. The van der Waals surface area contributed by atoms with Crippen molar-refractivity contribution in [3.63, 3.8) is 0 Å². The lowest BCUT2D eigenvalue weighted by molar-refractivity contribution is 0.0199. The number of rotatable bonds is 1. The van der Waals surface area contributed by atoms with Crippen molar-refractivity contribution in [1.29, 1.82) is 0 Å². The summed E-state index contributed by atoms with van der Waals surface area (Å²) in [5, 5.41) is 9.43. The number of benzene rings is 3. The second-order valence-electron chi connectivity index (χ2n) is 6.24. The van der Waals surface area contributed by atoms with Crippen molar-refractivity contribution < 1.29 is 19.4 Å². The van der Waals surface area contributed by atoms with Crippen LogP contribution in [-0.2, 0) is 16.9 Å². The molecule has 4 nitrogen and oxygen atoms in total. The number of carbonyl (C=O) groups is 1. The third-order valence-electron chi connectivity index (χ3n) is 4.93. The second-order valence-corrected chi connectivity index (χ2v) is 6.24. The van der Waals surface area contributed by atoms with Gasteiger partial charge in [0.2, 0.25) is 0 Å². The van der Waals surface area contributed by atoms with Gasteiger partial charge < -0.3 is 14.6 Å². The molecule has 0 unspecified atom stereocenters. The summed E-state index contributed by atoms with van der Waals surface area (Å²) in [7, 11) is 0. The van der Waals surface area contributed by atoms with E-state index in [0.717, 1.165) is 33.8 Å². The third kappa shape index (κ3) is 1.83. The molecule has 5 rings (SSSR count). The minimum Gasteiger partial charge on any atom is -0.478 e. The number of hydrogen-bond donors (Lipinski definition) is 1. The Morgan fingerprint density at radius 3 is 2.16 bits per heavy atom. The van der Waals surface area contributed by atoms with Gasteiger partial charge in [-0.2, -0.15) is 0 Å². The van der Waals surface area contributed by atoms with Crippen LogP contribution >= 0.6 is 0 Å². The molecule has 2 aliphatic rings. The van der Waals surface area contributed by atoms with Gasteiger partial charge in [0.15, 0.2) is 5.60 Å². The van der Waals surface area contributed by atoms with Gasteiger partial charge in [-0.15, -0.1) is 0 Å². The predicted octanol–water partition coefficient (Wildman–Crippen LogP) is 4.31. The van der Waals surface area contributed by atoms with Crippen molar-refractivity contribution in [2.75, 3.05) is 0 Å². The van der Waals surface area contributed by atoms with Crippen molar-refractivity contribution in [3.05, 3.63) is 94.5 Å². The standard InChI is InChI=1S/C21H14O4/c22-20(23)13-9-10-14-12-24-21(17(14)11-13)15-5-1-3-7-18(15)25-19-8-4-2-6-16(19)21/h1-11H,12H2,(H,22,23). The van der Waals surface area contributed by atoms with Crippen molar-refractivity contribution in [2.45, 2.75) is 12.2 Å². The Kier molecular flexibility index (Phi) is 2.82. The van der Waals surface area contributed by atoms with Gasteiger partial charge in [-0.1, -0.05) is 42.5 Å². The highest BCUT2D eigenvalue weighted by Gasteiger charge is 2.49. The highest BCUT2D eigenvalue weighted by atomic mass is 16.5. The maximum atomic E-state index is 11.5. The van der Waals surface area contributed by atoms with Crippen LogP contribution in [-0.4, -0.2) is 11.1 Å². The van der Waals surface area contributed by atoms with Crippen molar-refractivity contribution >= 4 is 5.97 Å². The molecule has 0 bridgehead atoms. The van der Waals surface area contributed by atoms with Crippen molar-refractivity contribution in [2.24, 2.45) is 0 Å². The molecule has 3 aromatic carbocycles. The molecule has 3 aromatic rings. The molecule has 0 atom stereocenters. The van der Waals surface area contributed by atoms with Gasteiger partial charge in [-0.3, -0.25) is 0 Å². The van der Waals surface area contributed by atoms with E-state index in [2.05, 4.69) is 0 Å². The quantitative estimate of drug-likeness (QED) is 0.722. The molecule has 0 radical (unpaired) electrons. The molecule has 0 saturated heterocycles. The van der Waals surface area contributed by atoms with Gasteiger partial charge in [0, 0.05) is 11.1 Å². The van der Waals surface area contributed by atoms with E-state index < -0.39 is 11.6 Å². The van der Waals surface area contributed by atoms with Crippen LogP contribution in [0.15, 0.2) is 66.7 Å². The molecule has 0 amide bonds. The Labute approximate surface area is 144 Å². The molecule has 1 N–H and O–H groups in total. The number of carboxylic acids is 1. The second kappa shape index (κ2) is 4.94. The molecular formula is C21H14O4. The van der Waals surface area contributed by atoms with E-state index in [9.17, 15) is 9.90 Å². The molecule has 2 aliphatic heterocycles. The summed E-state index contributed by atoms with van der Waals surface area (Å²) >= 11 is 0. The number of ether oxygens (including phenoxy) is 2. The zero-order chi connectivity index (χ0) is 17.0. The summed E-state index contributed by atoms with van der Waals surface area (Å²) < 4.78 is 12.4. The maximum Gasteiger partial charge on any atom is 0.335 e. The molecule has 0 aliphatic carbocycles. The molecule has 0 fully saturated rings. The Morgan fingerprint density at radius 2 is 1.52 bits per heavy atom. The number of fused-ring (bicyclic) bond motifs is 6. The number of carboxylic acid groups (broad SMARTS) is 1. The molecule has 0 saturated carbocycles. The smallest absolute Gasteiger partial charge is 0.335 e. The van der Waals surface area contributed by atoms with E-state index in [1.807, 2.05) is 54.6 Å². The van der Waals surface area contributed by atoms with Crippen LogP contribution in [0.5, 0.6) is 11.5 Å². The Bertz CT molecular complexity index is 976. The molecule has 1 spiro atoms. The fourth-order valence-corrected chi connectivity index (χ4v) is 3.83. The van der Waals surface area contributed by atoms with Crippen LogP contribution in [0.25, 0.3) is 0 Å². The van der Waals surface area contributed by atoms with Gasteiger partial charge >= 0.3 is 5.97 Å². The van der Waals surface area contributed by atoms with Crippen LogP contribution in [0, 0.1) is 0 Å². The first-order valence-electron chi connectivity index (χ1n) is 8.08. The van der Waals surface area contributed by atoms with Crippen molar-refractivity contribution in [1.82, 2.24) is 0 Å². The first kappa shape index (κ1) is 14.3. The molecule has 122 valence electrons. The fourth-order valence-electron chi connectivity index (χ4n) is 3.83. The lowest BCUT2D eigenvalue weighted by Gasteiger charge is -2.37. The topological polar surface area (TPSA) is 55.8 Å². The molecule has 4 heteroatoms. The normalized spacial score (nSPS) is 15.8. The van der Waals surface area contributed by atoms with E-state index in [1.54, 1.807) is 12.1 Å². The van der Waals surface area contributed by atoms with Crippen LogP contribution in [0.4, 0.5) is 0 Å². The Hall–Kier alpha value is -3.11. The van der Waals surface area contributed by atoms with Crippen LogP contribution in [0.3, 0.4) is 0 Å². The summed E-state index contributed by atoms with van der Waals surface area (Å²) in [6.07, 6.45) is 0. The van der Waals surface area contributed by atoms with Gasteiger partial charge in [0.1, 0.15) is 11.5 Å². The summed E-state index contributed by atoms with van der Waals surface area (Å²) in [5.41, 5.74) is 3.08. The highest BCUT2D eigenvalue weighted by Crippen LogP contribution is 2.55. The number of hydrogen-bond acceptors (Lipinski definition) is 3. The van der Waals surface area contributed by atoms with Crippen LogP contribution in [0.1, 0.15) is 32.6 Å². The van der Waals surface area contributed by atoms with Gasteiger partial charge in [-0.25, -0.2) is 4.79 Å². The van der Waals surface area contributed by atoms with E-state index in [-0.39, 0.29) is 5.56 Å². The monoisotopic (exact) mass is 330 g/mol. The Morgan fingerprint density at radius 1 is 0.880 bits per heavy atom. The fraction of sp³-hybridized carbons (Fsp3) is 0.0952. The summed E-state index contributed by atoms with van der Waals surface area (Å²) in [5.74, 6) is 0.517. The van der Waals surface area contributed by atoms with E-state index in [0.29, 0.717) is 6.61 Å². The minimum atomic E-state index is -0.946. The predicted molar refractivity (Wildman–Crippen MR) is 91.0 cm³/mol. The zero-order valence-electron chi connectivity index (χ0n) is 13.2. The molecule has 0 aromatic heterocycles. The van der Waals surface area contributed by atoms with Gasteiger partial charge in [-0.05, 0) is 35.4 Å². The van der Waals surface area contributed by atoms with Gasteiger partial charge in [0.25, 0.3) is 0 Å². The summed E-state index contributed by atoms with van der Waals surface area (Å²) in [4.78, 5) is 11.5. The van der Waals surface area contributed by atoms with E-state index in [1.165, 1.54) is 0 Å². The lowest BCUT2D eigenvalue weighted by Crippen LogP contribution is -2.32. The highest BCUT2D eigenvalue weighted by molar-refractivity contribution is 5.88. The molecular weight excluding hydrogens is 316 g/mol. The minimum absolute atomic E-state index is 0.255. The zero-order valence-corrected chi connectivity index (χ0v) is 13.2. The van der Waals surface area contributed by atoms with Crippen LogP contribution in [0.2, 0.25) is 0 Å². The van der Waals surface area contributed by atoms with E-state index >= 15 is 0 Å². The van der Waals surface area contributed by atoms with E-state index in [4.69, 9.17) is 9.47 Å². The lowest BCUT2D eigenvalue weighted by atomic mass is 9.77. The summed E-state index contributed by atoms with van der Waals surface area (Å²) in [6, 6.07) is 20.7. The summed E-state index contributed by atoms with van der Waals surface area (Å²) in [6.45, 7) is 0.428. The largest absolute Gasteiger partial charge is 0.478 e. The Balaban J connectivity index is 1.87. The molecule has 2 heterocycles. The first-order chi connectivity index (χ1) is 12.2. The number of aromatic carboxylic acids is 1. The maximum absolute atomic E-state index is 11.5. The van der Waals surface area contributed by atoms with Crippen LogP contribution < -0.4 is 4.74 Å². The van der Waals surface area contributed by atoms with Crippen molar-refractivity contribution in [3.8, 4) is 11.5 Å².